The molecule has 1 fully saturated rings. The number of cyclic esters (lactones) is 1. The molecule has 11 heavy (non-hydrogen) atoms. The fourth-order valence-corrected chi connectivity index (χ4v) is 1.49. The highest BCUT2D eigenvalue weighted by atomic mass is 16.6. The van der Waals surface area contributed by atoms with Crippen LogP contribution in [0, 0.1) is 5.92 Å². The monoisotopic (exact) mass is 156 g/mol. The van der Waals surface area contributed by atoms with Gasteiger partial charge < -0.3 is 4.74 Å². The number of carbonyl (C=O) groups is 1. The first kappa shape index (κ1) is 8.57. The van der Waals surface area contributed by atoms with Crippen LogP contribution in [0.1, 0.15) is 39.5 Å². The molecule has 0 aliphatic carbocycles. The number of esters is 1. The van der Waals surface area contributed by atoms with Gasteiger partial charge in [-0.05, 0) is 12.8 Å². The highest BCUT2D eigenvalue weighted by Gasteiger charge is 2.39. The van der Waals surface area contributed by atoms with Crippen LogP contribution in [-0.2, 0) is 9.53 Å². The molecule has 1 aliphatic heterocycles. The van der Waals surface area contributed by atoms with E-state index in [9.17, 15) is 4.79 Å². The Morgan fingerprint density at radius 1 is 1.45 bits per heavy atom. The SMILES string of the molecule is CCCC[C@@H]1OC(=O)C1CC. The maximum Gasteiger partial charge on any atom is 0.312 e. The molecule has 0 aromatic carbocycles. The van der Waals surface area contributed by atoms with E-state index >= 15 is 0 Å². The van der Waals surface area contributed by atoms with Crippen LogP contribution in [0.25, 0.3) is 0 Å². The van der Waals surface area contributed by atoms with Gasteiger partial charge in [0.25, 0.3) is 0 Å². The van der Waals surface area contributed by atoms with Crippen molar-refractivity contribution in [2.24, 2.45) is 5.92 Å². The normalized spacial score (nSPS) is 29.5. The van der Waals surface area contributed by atoms with Crippen molar-refractivity contribution < 1.29 is 9.53 Å². The van der Waals surface area contributed by atoms with Crippen molar-refractivity contribution in [1.82, 2.24) is 0 Å². The van der Waals surface area contributed by atoms with E-state index in [2.05, 4.69) is 6.92 Å². The third-order valence-corrected chi connectivity index (χ3v) is 2.30. The molecule has 0 aromatic heterocycles. The standard InChI is InChI=1S/C9H16O2/c1-3-5-6-8-7(4-2)9(10)11-8/h7-8H,3-6H2,1-2H3/t7?,8-/m0/s1. The highest BCUT2D eigenvalue weighted by Crippen LogP contribution is 2.28. The average molecular weight is 156 g/mol. The number of ether oxygens (including phenoxy) is 1. The second kappa shape index (κ2) is 3.74. The summed E-state index contributed by atoms with van der Waals surface area (Å²) >= 11 is 0. The van der Waals surface area contributed by atoms with Gasteiger partial charge in [-0.25, -0.2) is 0 Å². The van der Waals surface area contributed by atoms with Gasteiger partial charge in [-0.1, -0.05) is 26.7 Å². The van der Waals surface area contributed by atoms with Gasteiger partial charge >= 0.3 is 5.97 Å². The number of rotatable bonds is 4. The van der Waals surface area contributed by atoms with Crippen LogP contribution in [-0.4, -0.2) is 12.1 Å². The fraction of sp³-hybridized carbons (Fsp3) is 0.889. The Morgan fingerprint density at radius 3 is 2.64 bits per heavy atom. The lowest BCUT2D eigenvalue weighted by atomic mass is 9.90. The second-order valence-corrected chi connectivity index (χ2v) is 3.13. The lowest BCUT2D eigenvalue weighted by Crippen LogP contribution is -2.44. The maximum absolute atomic E-state index is 10.8. The van der Waals surface area contributed by atoms with Gasteiger partial charge in [-0.2, -0.15) is 0 Å². The molecule has 0 saturated carbocycles. The Morgan fingerprint density at radius 2 is 2.18 bits per heavy atom. The van der Waals surface area contributed by atoms with E-state index in [-0.39, 0.29) is 18.0 Å². The zero-order valence-electron chi connectivity index (χ0n) is 7.30. The zero-order valence-corrected chi connectivity index (χ0v) is 7.30. The van der Waals surface area contributed by atoms with E-state index in [1.165, 1.54) is 12.8 Å². The first-order chi connectivity index (χ1) is 5.29. The van der Waals surface area contributed by atoms with Gasteiger partial charge in [-0.3, -0.25) is 4.79 Å². The Kier molecular flexibility index (Phi) is 2.92. The third-order valence-electron chi connectivity index (χ3n) is 2.30. The lowest BCUT2D eigenvalue weighted by Gasteiger charge is -2.34. The van der Waals surface area contributed by atoms with E-state index < -0.39 is 0 Å². The minimum Gasteiger partial charge on any atom is -0.461 e. The second-order valence-electron chi connectivity index (χ2n) is 3.13. The lowest BCUT2D eigenvalue weighted by molar-refractivity contribution is -0.185. The molecule has 64 valence electrons. The summed E-state index contributed by atoms with van der Waals surface area (Å²) in [6.45, 7) is 4.20. The highest BCUT2D eigenvalue weighted by molar-refractivity contribution is 5.78. The quantitative estimate of drug-likeness (QED) is 0.583. The largest absolute Gasteiger partial charge is 0.461 e. The molecule has 2 atom stereocenters. The maximum atomic E-state index is 10.8. The molecule has 0 radical (unpaired) electrons. The minimum atomic E-state index is 0.00797. The minimum absolute atomic E-state index is 0.00797. The summed E-state index contributed by atoms with van der Waals surface area (Å²) in [6.07, 6.45) is 4.60. The Labute approximate surface area is 67.9 Å². The molecule has 0 bridgehead atoms. The summed E-state index contributed by atoms with van der Waals surface area (Å²) in [5, 5.41) is 0. The van der Waals surface area contributed by atoms with Crippen LogP contribution in [0.3, 0.4) is 0 Å². The fourth-order valence-electron chi connectivity index (χ4n) is 1.49. The van der Waals surface area contributed by atoms with Crippen LogP contribution >= 0.6 is 0 Å². The van der Waals surface area contributed by atoms with Gasteiger partial charge in [0.15, 0.2) is 0 Å². The number of hydrogen-bond donors (Lipinski definition) is 0. The Balaban J connectivity index is 2.21. The predicted octanol–water partition coefficient (Wildman–Crippen LogP) is 2.13. The van der Waals surface area contributed by atoms with Crippen LogP contribution in [0.5, 0.6) is 0 Å². The summed E-state index contributed by atoms with van der Waals surface area (Å²) in [7, 11) is 0. The van der Waals surface area contributed by atoms with Crippen molar-refractivity contribution in [2.45, 2.75) is 45.6 Å². The van der Waals surface area contributed by atoms with Gasteiger partial charge in [-0.15, -0.1) is 0 Å². The molecule has 1 rings (SSSR count). The topological polar surface area (TPSA) is 26.3 Å². The smallest absolute Gasteiger partial charge is 0.312 e. The first-order valence-electron chi connectivity index (χ1n) is 4.50. The average Bonchev–Trinajstić information content (AvgIpc) is 1.98. The molecule has 1 heterocycles. The molecule has 2 nitrogen and oxygen atoms in total. The Bertz CT molecular complexity index is 142. The van der Waals surface area contributed by atoms with Gasteiger partial charge in [0.1, 0.15) is 6.10 Å². The van der Waals surface area contributed by atoms with Crippen molar-refractivity contribution in [1.29, 1.82) is 0 Å². The van der Waals surface area contributed by atoms with E-state index in [4.69, 9.17) is 4.74 Å². The molecular formula is C9H16O2. The van der Waals surface area contributed by atoms with E-state index in [0.717, 1.165) is 12.8 Å². The summed E-state index contributed by atoms with van der Waals surface area (Å²) in [5.41, 5.74) is 0. The molecule has 1 aliphatic rings. The van der Waals surface area contributed by atoms with E-state index in [0.29, 0.717) is 0 Å². The van der Waals surface area contributed by atoms with Gasteiger partial charge in [0.05, 0.1) is 5.92 Å². The van der Waals surface area contributed by atoms with Crippen molar-refractivity contribution in [3.63, 3.8) is 0 Å². The molecule has 1 saturated heterocycles. The van der Waals surface area contributed by atoms with Crippen molar-refractivity contribution in [2.75, 3.05) is 0 Å². The molecule has 0 N–H and O–H groups in total. The van der Waals surface area contributed by atoms with Gasteiger partial charge in [0.2, 0.25) is 0 Å². The number of carbonyl (C=O) groups excluding carboxylic acids is 1. The first-order valence-corrected chi connectivity index (χ1v) is 4.50. The van der Waals surface area contributed by atoms with Crippen molar-refractivity contribution >= 4 is 5.97 Å². The molecule has 2 heteroatoms. The van der Waals surface area contributed by atoms with Crippen LogP contribution in [0.15, 0.2) is 0 Å². The third kappa shape index (κ3) is 1.73. The predicted molar refractivity (Wildman–Crippen MR) is 43.2 cm³/mol. The van der Waals surface area contributed by atoms with E-state index in [1.54, 1.807) is 0 Å². The number of unbranched alkanes of at least 4 members (excludes halogenated alkanes) is 1. The molecule has 0 amide bonds. The van der Waals surface area contributed by atoms with Gasteiger partial charge in [0, 0.05) is 0 Å². The van der Waals surface area contributed by atoms with Crippen LogP contribution in [0.4, 0.5) is 0 Å². The summed E-state index contributed by atoms with van der Waals surface area (Å²) in [4.78, 5) is 10.8. The summed E-state index contributed by atoms with van der Waals surface area (Å²) < 4.78 is 5.01. The molecule has 0 aromatic rings. The molecule has 0 spiro atoms. The zero-order chi connectivity index (χ0) is 8.27. The van der Waals surface area contributed by atoms with Crippen molar-refractivity contribution in [3.8, 4) is 0 Å². The number of hydrogen-bond acceptors (Lipinski definition) is 2. The molecule has 1 unspecified atom stereocenters. The van der Waals surface area contributed by atoms with Crippen LogP contribution < -0.4 is 0 Å². The molecular weight excluding hydrogens is 140 g/mol. The Hall–Kier alpha value is -0.530. The van der Waals surface area contributed by atoms with E-state index in [1.807, 2.05) is 6.92 Å². The summed E-state index contributed by atoms with van der Waals surface area (Å²) in [5.74, 6) is 0.218. The summed E-state index contributed by atoms with van der Waals surface area (Å²) in [6, 6.07) is 0. The van der Waals surface area contributed by atoms with Crippen LogP contribution in [0.2, 0.25) is 0 Å². The van der Waals surface area contributed by atoms with Crippen molar-refractivity contribution in [3.05, 3.63) is 0 Å².